The van der Waals surface area contributed by atoms with Gasteiger partial charge in [0.05, 0.1) is 14.2 Å². The summed E-state index contributed by atoms with van der Waals surface area (Å²) in [5.41, 5.74) is 1.47. The van der Waals surface area contributed by atoms with Crippen molar-refractivity contribution in [1.82, 2.24) is 4.90 Å². The lowest BCUT2D eigenvalue weighted by atomic mass is 10.0. The summed E-state index contributed by atoms with van der Waals surface area (Å²) in [7, 11) is 3.15. The number of carbonyl (C=O) groups is 1. The highest BCUT2D eigenvalue weighted by atomic mass is 16.5. The van der Waals surface area contributed by atoms with Crippen molar-refractivity contribution < 1.29 is 14.3 Å². The first kappa shape index (κ1) is 14.4. The van der Waals surface area contributed by atoms with E-state index in [2.05, 4.69) is 30.9 Å². The number of carbonyl (C=O) groups excluding carboxylic acids is 1. The van der Waals surface area contributed by atoms with Crippen LogP contribution in [0.3, 0.4) is 0 Å². The van der Waals surface area contributed by atoms with Crippen LogP contribution in [0.15, 0.2) is 24.3 Å². The van der Waals surface area contributed by atoms with Gasteiger partial charge in [0, 0.05) is 13.1 Å². The maximum atomic E-state index is 12.2. The minimum absolute atomic E-state index is 0.0958. The van der Waals surface area contributed by atoms with Crippen molar-refractivity contribution in [3.8, 4) is 5.75 Å². The number of benzene rings is 1. The van der Waals surface area contributed by atoms with Gasteiger partial charge in [-0.15, -0.1) is 0 Å². The van der Waals surface area contributed by atoms with Crippen molar-refractivity contribution in [2.45, 2.75) is 26.4 Å². The predicted octanol–water partition coefficient (Wildman–Crippen LogP) is 2.32. The smallest absolute Gasteiger partial charge is 0.323 e. The highest BCUT2D eigenvalue weighted by Crippen LogP contribution is 2.65. The third kappa shape index (κ3) is 2.31. The van der Waals surface area contributed by atoms with Crippen LogP contribution in [0.1, 0.15) is 19.4 Å². The molecule has 4 heteroatoms. The number of hydrogen-bond acceptors (Lipinski definition) is 4. The van der Waals surface area contributed by atoms with E-state index in [1.165, 1.54) is 12.7 Å². The maximum Gasteiger partial charge on any atom is 0.323 e. The molecule has 21 heavy (non-hydrogen) atoms. The molecule has 0 radical (unpaired) electrons. The number of fused-ring (bicyclic) bond motifs is 1. The van der Waals surface area contributed by atoms with E-state index < -0.39 is 0 Å². The van der Waals surface area contributed by atoms with Gasteiger partial charge in [-0.2, -0.15) is 0 Å². The Morgan fingerprint density at radius 2 is 1.95 bits per heavy atom. The van der Waals surface area contributed by atoms with Crippen molar-refractivity contribution in [1.29, 1.82) is 0 Å². The van der Waals surface area contributed by atoms with Crippen LogP contribution in [0.4, 0.5) is 0 Å². The minimum atomic E-state index is -0.0999. The fraction of sp³-hybridized carbons (Fsp3) is 0.588. The molecule has 0 aromatic heterocycles. The van der Waals surface area contributed by atoms with Gasteiger partial charge in [0.25, 0.3) is 0 Å². The first-order chi connectivity index (χ1) is 9.98. The number of esters is 1. The third-order valence-electron chi connectivity index (χ3n) is 5.29. The molecule has 2 aliphatic rings. The van der Waals surface area contributed by atoms with E-state index in [4.69, 9.17) is 9.47 Å². The molecular weight excluding hydrogens is 266 g/mol. The molecule has 1 aromatic rings. The SMILES string of the molecule is COC(=O)C1C2C(CN1Cc1ccc(OC)cc1)C2(C)C. The molecule has 0 bridgehead atoms. The standard InChI is InChI=1S/C17H23NO3/c1-17(2)13-10-18(15(14(13)17)16(19)21-4)9-11-5-7-12(20-3)8-6-11/h5-8,13-15H,9-10H2,1-4H3. The molecule has 2 fully saturated rings. The van der Waals surface area contributed by atoms with Gasteiger partial charge in [0.2, 0.25) is 0 Å². The van der Waals surface area contributed by atoms with E-state index >= 15 is 0 Å². The largest absolute Gasteiger partial charge is 0.497 e. The predicted molar refractivity (Wildman–Crippen MR) is 80.0 cm³/mol. The Morgan fingerprint density at radius 1 is 1.29 bits per heavy atom. The molecule has 1 heterocycles. The quantitative estimate of drug-likeness (QED) is 0.797. The number of likely N-dealkylation sites (tertiary alicyclic amines) is 1. The molecule has 3 rings (SSSR count). The fourth-order valence-electron chi connectivity index (χ4n) is 3.90. The van der Waals surface area contributed by atoms with Gasteiger partial charge in [0.15, 0.2) is 0 Å². The Balaban J connectivity index is 1.74. The molecule has 0 amide bonds. The van der Waals surface area contributed by atoms with Crippen molar-refractivity contribution in [3.05, 3.63) is 29.8 Å². The monoisotopic (exact) mass is 289 g/mol. The average Bonchev–Trinajstić information content (AvgIpc) is 2.85. The van der Waals surface area contributed by atoms with E-state index in [0.29, 0.717) is 11.8 Å². The first-order valence-electron chi connectivity index (χ1n) is 7.44. The molecule has 3 unspecified atom stereocenters. The van der Waals surface area contributed by atoms with E-state index in [9.17, 15) is 4.79 Å². The summed E-state index contributed by atoms with van der Waals surface area (Å²) in [5.74, 6) is 1.80. The Labute approximate surface area is 126 Å². The zero-order chi connectivity index (χ0) is 15.2. The molecular formula is C17H23NO3. The van der Waals surface area contributed by atoms with Gasteiger partial charge in [-0.25, -0.2) is 0 Å². The van der Waals surface area contributed by atoms with Gasteiger partial charge >= 0.3 is 5.97 Å². The molecule has 1 aromatic carbocycles. The van der Waals surface area contributed by atoms with E-state index in [-0.39, 0.29) is 17.4 Å². The summed E-state index contributed by atoms with van der Waals surface area (Å²) >= 11 is 0. The summed E-state index contributed by atoms with van der Waals surface area (Å²) in [6.45, 7) is 6.27. The molecule has 0 N–H and O–H groups in total. The van der Waals surface area contributed by atoms with Gasteiger partial charge in [-0.3, -0.25) is 9.69 Å². The highest BCUT2D eigenvalue weighted by Gasteiger charge is 2.68. The summed E-state index contributed by atoms with van der Waals surface area (Å²) in [4.78, 5) is 14.4. The van der Waals surface area contributed by atoms with Crippen molar-refractivity contribution >= 4 is 5.97 Å². The van der Waals surface area contributed by atoms with Crippen molar-refractivity contribution in [3.63, 3.8) is 0 Å². The fourth-order valence-corrected chi connectivity index (χ4v) is 3.90. The van der Waals surface area contributed by atoms with E-state index in [0.717, 1.165) is 18.8 Å². The summed E-state index contributed by atoms with van der Waals surface area (Å²) in [5, 5.41) is 0. The van der Waals surface area contributed by atoms with Crippen LogP contribution in [0.25, 0.3) is 0 Å². The topological polar surface area (TPSA) is 38.8 Å². The van der Waals surface area contributed by atoms with Crippen LogP contribution in [-0.4, -0.2) is 37.7 Å². The highest BCUT2D eigenvalue weighted by molar-refractivity contribution is 5.77. The molecule has 1 saturated heterocycles. The number of methoxy groups -OCH3 is 2. The lowest BCUT2D eigenvalue weighted by Gasteiger charge is -2.28. The Hall–Kier alpha value is -1.55. The third-order valence-corrected chi connectivity index (χ3v) is 5.29. The second-order valence-corrected chi connectivity index (χ2v) is 6.70. The molecule has 1 aliphatic heterocycles. The zero-order valence-corrected chi connectivity index (χ0v) is 13.1. The summed E-state index contributed by atoms with van der Waals surface area (Å²) < 4.78 is 10.2. The second kappa shape index (κ2) is 5.02. The van der Waals surface area contributed by atoms with Gasteiger partial charge < -0.3 is 9.47 Å². The second-order valence-electron chi connectivity index (χ2n) is 6.70. The lowest BCUT2D eigenvalue weighted by Crippen LogP contribution is -2.42. The number of piperidine rings is 1. The number of rotatable bonds is 4. The first-order valence-corrected chi connectivity index (χ1v) is 7.44. The van der Waals surface area contributed by atoms with E-state index in [1.807, 2.05) is 12.1 Å². The van der Waals surface area contributed by atoms with Crippen LogP contribution >= 0.6 is 0 Å². The minimum Gasteiger partial charge on any atom is -0.497 e. The Morgan fingerprint density at radius 3 is 2.52 bits per heavy atom. The van der Waals surface area contributed by atoms with Crippen molar-refractivity contribution in [2.24, 2.45) is 17.3 Å². The molecule has 3 atom stereocenters. The number of nitrogens with zero attached hydrogens (tertiary/aromatic N) is 1. The van der Waals surface area contributed by atoms with Crippen LogP contribution in [0.2, 0.25) is 0 Å². The molecule has 0 spiro atoms. The molecule has 4 nitrogen and oxygen atoms in total. The van der Waals surface area contributed by atoms with E-state index in [1.54, 1.807) is 7.11 Å². The normalized spacial score (nSPS) is 29.8. The lowest BCUT2D eigenvalue weighted by molar-refractivity contribution is -0.147. The van der Waals surface area contributed by atoms with Crippen LogP contribution < -0.4 is 4.74 Å². The maximum absolute atomic E-state index is 12.2. The molecule has 114 valence electrons. The van der Waals surface area contributed by atoms with Crippen LogP contribution in [0, 0.1) is 17.3 Å². The van der Waals surface area contributed by atoms with Gasteiger partial charge in [0.1, 0.15) is 11.8 Å². The van der Waals surface area contributed by atoms with Crippen LogP contribution in [-0.2, 0) is 16.1 Å². The summed E-state index contributed by atoms with van der Waals surface area (Å²) in [6, 6.07) is 7.94. The number of hydrogen-bond donors (Lipinski definition) is 0. The number of ether oxygens (including phenoxy) is 2. The molecule has 1 saturated carbocycles. The van der Waals surface area contributed by atoms with Crippen molar-refractivity contribution in [2.75, 3.05) is 20.8 Å². The average molecular weight is 289 g/mol. The molecule has 1 aliphatic carbocycles. The van der Waals surface area contributed by atoms with Gasteiger partial charge in [-0.1, -0.05) is 26.0 Å². The Bertz CT molecular complexity index is 537. The zero-order valence-electron chi connectivity index (χ0n) is 13.1. The van der Waals surface area contributed by atoms with Crippen LogP contribution in [0.5, 0.6) is 5.75 Å². The summed E-state index contributed by atoms with van der Waals surface area (Å²) in [6.07, 6.45) is 0. The van der Waals surface area contributed by atoms with Gasteiger partial charge in [-0.05, 0) is 34.9 Å². The Kier molecular flexibility index (Phi) is 3.44.